The Labute approximate surface area is 127 Å². The van der Waals surface area contributed by atoms with Crippen LogP contribution in [0.1, 0.15) is 38.8 Å². The van der Waals surface area contributed by atoms with E-state index < -0.39 is 10.0 Å². The molecule has 0 saturated heterocycles. The maximum absolute atomic E-state index is 11.1. The van der Waals surface area contributed by atoms with Gasteiger partial charge in [-0.3, -0.25) is 4.72 Å². The Morgan fingerprint density at radius 3 is 2.19 bits per heavy atom. The van der Waals surface area contributed by atoms with Crippen LogP contribution < -0.4 is 10.0 Å². The van der Waals surface area contributed by atoms with Crippen molar-refractivity contribution < 1.29 is 13.5 Å². The molecule has 0 saturated carbocycles. The molecule has 0 bridgehead atoms. The highest BCUT2D eigenvalue weighted by Crippen LogP contribution is 2.17. The summed E-state index contributed by atoms with van der Waals surface area (Å²) in [5.41, 5.74) is 1.66. The Morgan fingerprint density at radius 1 is 1.14 bits per heavy atom. The minimum Gasteiger partial charge on any atom is -0.393 e. The molecule has 0 aliphatic heterocycles. The molecule has 120 valence electrons. The standard InChI is InChI=1S/C15H26N2O3S/c1-11(9-12(2)18)10-16-13(3)14-5-7-15(8-6-14)17-21(4,19)20/h5-8,11-13,16-18H,9-10H2,1-4H3. The molecule has 1 rings (SSSR count). The summed E-state index contributed by atoms with van der Waals surface area (Å²) >= 11 is 0. The second-order valence-corrected chi connectivity index (χ2v) is 7.56. The van der Waals surface area contributed by atoms with Gasteiger partial charge in [0.25, 0.3) is 0 Å². The van der Waals surface area contributed by atoms with Crippen molar-refractivity contribution in [1.29, 1.82) is 0 Å². The molecule has 3 unspecified atom stereocenters. The second kappa shape index (κ2) is 7.77. The third kappa shape index (κ3) is 7.45. The van der Waals surface area contributed by atoms with E-state index in [1.165, 1.54) is 0 Å². The van der Waals surface area contributed by atoms with E-state index in [2.05, 4.69) is 23.9 Å². The summed E-state index contributed by atoms with van der Waals surface area (Å²) in [7, 11) is -3.23. The van der Waals surface area contributed by atoms with E-state index in [-0.39, 0.29) is 12.1 Å². The van der Waals surface area contributed by atoms with Gasteiger partial charge in [0.15, 0.2) is 0 Å². The monoisotopic (exact) mass is 314 g/mol. The fraction of sp³-hybridized carbons (Fsp3) is 0.600. The zero-order valence-corrected chi connectivity index (χ0v) is 13.9. The lowest BCUT2D eigenvalue weighted by molar-refractivity contribution is 0.162. The second-order valence-electron chi connectivity index (χ2n) is 5.82. The predicted molar refractivity (Wildman–Crippen MR) is 86.8 cm³/mol. The summed E-state index contributed by atoms with van der Waals surface area (Å²) in [6.07, 6.45) is 1.63. The van der Waals surface area contributed by atoms with Crippen molar-refractivity contribution in [3.8, 4) is 0 Å². The van der Waals surface area contributed by atoms with Gasteiger partial charge in [-0.2, -0.15) is 0 Å². The van der Waals surface area contributed by atoms with Crippen LogP contribution in [0.4, 0.5) is 5.69 Å². The van der Waals surface area contributed by atoms with Crippen molar-refractivity contribution in [3.63, 3.8) is 0 Å². The molecule has 0 radical (unpaired) electrons. The zero-order valence-electron chi connectivity index (χ0n) is 13.1. The van der Waals surface area contributed by atoms with Crippen LogP contribution in [-0.4, -0.2) is 32.4 Å². The highest BCUT2D eigenvalue weighted by Gasteiger charge is 2.10. The first kappa shape index (κ1) is 17.9. The highest BCUT2D eigenvalue weighted by atomic mass is 32.2. The van der Waals surface area contributed by atoms with Gasteiger partial charge in [0.05, 0.1) is 12.4 Å². The lowest BCUT2D eigenvalue weighted by Gasteiger charge is -2.19. The Balaban J connectivity index is 2.53. The predicted octanol–water partition coefficient (Wildman–Crippen LogP) is 2.12. The molecule has 1 aromatic rings. The summed E-state index contributed by atoms with van der Waals surface area (Å²) in [5, 5.41) is 12.8. The summed E-state index contributed by atoms with van der Waals surface area (Å²) < 4.78 is 24.7. The van der Waals surface area contributed by atoms with Gasteiger partial charge in [0, 0.05) is 11.7 Å². The van der Waals surface area contributed by atoms with E-state index in [1.807, 2.05) is 12.1 Å². The normalized spacial score (nSPS) is 16.2. The molecular weight excluding hydrogens is 288 g/mol. The number of rotatable bonds is 8. The number of benzene rings is 1. The van der Waals surface area contributed by atoms with Crippen molar-refractivity contribution in [2.75, 3.05) is 17.5 Å². The van der Waals surface area contributed by atoms with Crippen molar-refractivity contribution >= 4 is 15.7 Å². The third-order valence-electron chi connectivity index (χ3n) is 3.23. The molecule has 5 nitrogen and oxygen atoms in total. The lowest BCUT2D eigenvalue weighted by atomic mass is 10.0. The molecule has 0 spiro atoms. The van der Waals surface area contributed by atoms with Gasteiger partial charge in [-0.05, 0) is 50.4 Å². The van der Waals surface area contributed by atoms with Crippen molar-refractivity contribution in [1.82, 2.24) is 5.32 Å². The van der Waals surface area contributed by atoms with Crippen LogP contribution in [0, 0.1) is 5.92 Å². The highest BCUT2D eigenvalue weighted by molar-refractivity contribution is 7.92. The molecule has 1 aromatic carbocycles. The summed E-state index contributed by atoms with van der Waals surface area (Å²) in [6.45, 7) is 6.79. The fourth-order valence-corrected chi connectivity index (χ4v) is 2.78. The SMILES string of the molecule is CC(O)CC(C)CNC(C)c1ccc(NS(C)(=O)=O)cc1. The average molecular weight is 314 g/mol. The van der Waals surface area contributed by atoms with Crippen LogP contribution in [0.5, 0.6) is 0 Å². The van der Waals surface area contributed by atoms with Crippen LogP contribution in [-0.2, 0) is 10.0 Å². The molecule has 0 fully saturated rings. The van der Waals surface area contributed by atoms with Crippen LogP contribution in [0.25, 0.3) is 0 Å². The minimum absolute atomic E-state index is 0.175. The number of nitrogens with one attached hydrogen (secondary N) is 2. The van der Waals surface area contributed by atoms with Crippen molar-refractivity contribution in [2.24, 2.45) is 5.92 Å². The summed E-state index contributed by atoms with van der Waals surface area (Å²) in [4.78, 5) is 0. The maximum atomic E-state index is 11.1. The van der Waals surface area contributed by atoms with Crippen LogP contribution in [0.15, 0.2) is 24.3 Å². The quantitative estimate of drug-likeness (QED) is 0.687. The molecule has 0 aromatic heterocycles. The van der Waals surface area contributed by atoms with Gasteiger partial charge in [0.1, 0.15) is 0 Å². The maximum Gasteiger partial charge on any atom is 0.229 e. The van der Waals surface area contributed by atoms with Crippen molar-refractivity contribution in [2.45, 2.75) is 39.3 Å². The molecule has 3 N–H and O–H groups in total. The van der Waals surface area contributed by atoms with Crippen LogP contribution in [0.3, 0.4) is 0 Å². The first-order valence-corrected chi connectivity index (χ1v) is 9.05. The first-order valence-electron chi connectivity index (χ1n) is 7.16. The van der Waals surface area contributed by atoms with Gasteiger partial charge < -0.3 is 10.4 Å². The Bertz CT molecular complexity index is 526. The summed E-state index contributed by atoms with van der Waals surface area (Å²) in [6, 6.07) is 7.50. The molecule has 21 heavy (non-hydrogen) atoms. The molecule has 0 aliphatic carbocycles. The number of sulfonamides is 1. The Morgan fingerprint density at radius 2 is 1.71 bits per heavy atom. The Kier molecular flexibility index (Phi) is 6.64. The number of anilines is 1. The fourth-order valence-electron chi connectivity index (χ4n) is 2.22. The van der Waals surface area contributed by atoms with Gasteiger partial charge in [-0.1, -0.05) is 19.1 Å². The van der Waals surface area contributed by atoms with Gasteiger partial charge in [-0.25, -0.2) is 8.42 Å². The van der Waals surface area contributed by atoms with Crippen LogP contribution in [0.2, 0.25) is 0 Å². The largest absolute Gasteiger partial charge is 0.393 e. The summed E-state index contributed by atoms with van der Waals surface area (Å²) in [5.74, 6) is 0.402. The molecule has 3 atom stereocenters. The van der Waals surface area contributed by atoms with Gasteiger partial charge in [0.2, 0.25) is 10.0 Å². The van der Waals surface area contributed by atoms with Crippen LogP contribution >= 0.6 is 0 Å². The smallest absolute Gasteiger partial charge is 0.229 e. The third-order valence-corrected chi connectivity index (χ3v) is 3.84. The van der Waals surface area contributed by atoms with E-state index in [0.29, 0.717) is 11.6 Å². The molecule has 0 amide bonds. The molecule has 0 heterocycles. The lowest BCUT2D eigenvalue weighted by Crippen LogP contribution is -2.26. The number of aliphatic hydroxyl groups is 1. The number of hydrogen-bond donors (Lipinski definition) is 3. The van der Waals surface area contributed by atoms with Crippen molar-refractivity contribution in [3.05, 3.63) is 29.8 Å². The van der Waals surface area contributed by atoms with E-state index in [4.69, 9.17) is 0 Å². The number of hydrogen-bond acceptors (Lipinski definition) is 4. The zero-order chi connectivity index (χ0) is 16.0. The molecular formula is C15H26N2O3S. The molecule has 6 heteroatoms. The molecule has 0 aliphatic rings. The number of aliphatic hydroxyl groups excluding tert-OH is 1. The van der Waals surface area contributed by atoms with E-state index in [9.17, 15) is 13.5 Å². The van der Waals surface area contributed by atoms with Gasteiger partial charge >= 0.3 is 0 Å². The average Bonchev–Trinajstić information content (AvgIpc) is 2.34. The van der Waals surface area contributed by atoms with E-state index in [1.54, 1.807) is 19.1 Å². The van der Waals surface area contributed by atoms with E-state index in [0.717, 1.165) is 24.8 Å². The van der Waals surface area contributed by atoms with E-state index >= 15 is 0 Å². The first-order chi connectivity index (χ1) is 9.67. The minimum atomic E-state index is -3.23. The Hall–Kier alpha value is -1.11. The van der Waals surface area contributed by atoms with Gasteiger partial charge in [-0.15, -0.1) is 0 Å². The topological polar surface area (TPSA) is 78.4 Å².